The summed E-state index contributed by atoms with van der Waals surface area (Å²) in [7, 11) is 1.56. The molecule has 0 bridgehead atoms. The third-order valence-corrected chi connectivity index (χ3v) is 3.21. The SMILES string of the molecule is COc1ccccc1C=NNC(=O)c1cc(Br)ccc1O. The van der Waals surface area contributed by atoms with Crippen molar-refractivity contribution < 1.29 is 14.6 Å². The standard InChI is InChI=1S/C15H13BrN2O3/c1-21-14-5-3-2-4-10(14)9-17-18-15(20)12-8-11(16)6-7-13(12)19/h2-9,19H,1H3,(H,18,20). The first-order valence-corrected chi connectivity index (χ1v) is 6.86. The molecule has 2 aromatic carbocycles. The molecule has 0 aliphatic heterocycles. The summed E-state index contributed by atoms with van der Waals surface area (Å²) in [6.07, 6.45) is 1.48. The van der Waals surface area contributed by atoms with Gasteiger partial charge >= 0.3 is 0 Å². The monoisotopic (exact) mass is 348 g/mol. The van der Waals surface area contributed by atoms with E-state index < -0.39 is 5.91 Å². The number of amides is 1. The number of phenolic OH excluding ortho intramolecular Hbond substituents is 1. The molecule has 0 radical (unpaired) electrons. The summed E-state index contributed by atoms with van der Waals surface area (Å²) in [4.78, 5) is 11.9. The van der Waals surface area contributed by atoms with Crippen molar-refractivity contribution in [1.29, 1.82) is 0 Å². The Hall–Kier alpha value is -2.34. The molecule has 2 rings (SSSR count). The first-order chi connectivity index (χ1) is 10.1. The largest absolute Gasteiger partial charge is 0.507 e. The van der Waals surface area contributed by atoms with Crippen LogP contribution in [0.3, 0.4) is 0 Å². The van der Waals surface area contributed by atoms with E-state index in [9.17, 15) is 9.90 Å². The number of carbonyl (C=O) groups is 1. The first kappa shape index (κ1) is 15.1. The number of nitrogens with one attached hydrogen (secondary N) is 1. The van der Waals surface area contributed by atoms with E-state index >= 15 is 0 Å². The Morgan fingerprint density at radius 2 is 2.10 bits per heavy atom. The maximum atomic E-state index is 11.9. The Bertz CT molecular complexity index is 686. The van der Waals surface area contributed by atoms with Crippen LogP contribution < -0.4 is 10.2 Å². The molecule has 0 saturated heterocycles. The Morgan fingerprint density at radius 1 is 1.33 bits per heavy atom. The number of ether oxygens (including phenoxy) is 1. The normalized spacial score (nSPS) is 10.6. The minimum absolute atomic E-state index is 0.108. The Morgan fingerprint density at radius 3 is 2.86 bits per heavy atom. The minimum atomic E-state index is -0.500. The molecule has 2 aromatic rings. The zero-order valence-electron chi connectivity index (χ0n) is 11.2. The highest BCUT2D eigenvalue weighted by Crippen LogP contribution is 2.21. The fraction of sp³-hybridized carbons (Fsp3) is 0.0667. The first-order valence-electron chi connectivity index (χ1n) is 6.06. The van der Waals surface area contributed by atoms with E-state index in [1.807, 2.05) is 18.2 Å². The molecule has 0 atom stereocenters. The molecular weight excluding hydrogens is 336 g/mol. The molecular formula is C15H13BrN2O3. The average Bonchev–Trinajstić information content (AvgIpc) is 2.50. The highest BCUT2D eigenvalue weighted by molar-refractivity contribution is 9.10. The van der Waals surface area contributed by atoms with Crippen molar-refractivity contribution in [3.63, 3.8) is 0 Å². The molecule has 0 aliphatic rings. The molecule has 21 heavy (non-hydrogen) atoms. The van der Waals surface area contributed by atoms with Gasteiger partial charge in [0.25, 0.3) is 5.91 Å². The van der Waals surface area contributed by atoms with Gasteiger partial charge < -0.3 is 9.84 Å². The molecule has 0 saturated carbocycles. The van der Waals surface area contributed by atoms with Gasteiger partial charge in [-0.05, 0) is 30.3 Å². The van der Waals surface area contributed by atoms with Crippen LogP contribution in [0.25, 0.3) is 0 Å². The summed E-state index contributed by atoms with van der Waals surface area (Å²) < 4.78 is 5.87. The van der Waals surface area contributed by atoms with Crippen LogP contribution >= 0.6 is 15.9 Å². The summed E-state index contributed by atoms with van der Waals surface area (Å²) in [5.74, 6) is 0.0453. The molecule has 0 spiro atoms. The fourth-order valence-electron chi connectivity index (χ4n) is 1.68. The number of carbonyl (C=O) groups excluding carboxylic acids is 1. The lowest BCUT2D eigenvalue weighted by molar-refractivity contribution is 0.0952. The van der Waals surface area contributed by atoms with Gasteiger partial charge in [0.1, 0.15) is 11.5 Å². The predicted molar refractivity (Wildman–Crippen MR) is 83.9 cm³/mol. The zero-order valence-corrected chi connectivity index (χ0v) is 12.8. The van der Waals surface area contributed by atoms with Crippen molar-refractivity contribution in [3.05, 3.63) is 58.1 Å². The second kappa shape index (κ2) is 6.90. The van der Waals surface area contributed by atoms with Crippen LogP contribution in [-0.4, -0.2) is 24.3 Å². The van der Waals surface area contributed by atoms with Crippen molar-refractivity contribution in [3.8, 4) is 11.5 Å². The van der Waals surface area contributed by atoms with Gasteiger partial charge in [0, 0.05) is 10.0 Å². The van der Waals surface area contributed by atoms with Gasteiger partial charge in [-0.3, -0.25) is 4.79 Å². The Balaban J connectivity index is 2.10. The number of aromatic hydroxyl groups is 1. The van der Waals surface area contributed by atoms with Crippen molar-refractivity contribution in [2.24, 2.45) is 5.10 Å². The van der Waals surface area contributed by atoms with E-state index in [2.05, 4.69) is 26.5 Å². The van der Waals surface area contributed by atoms with Crippen LogP contribution in [0.4, 0.5) is 0 Å². The summed E-state index contributed by atoms with van der Waals surface area (Å²) >= 11 is 3.24. The van der Waals surface area contributed by atoms with Crippen molar-refractivity contribution >= 4 is 28.1 Å². The van der Waals surface area contributed by atoms with Gasteiger partial charge in [-0.15, -0.1) is 0 Å². The second-order valence-corrected chi connectivity index (χ2v) is 5.02. The summed E-state index contributed by atoms with van der Waals surface area (Å²) in [6, 6.07) is 11.9. The predicted octanol–water partition coefficient (Wildman–Crippen LogP) is 2.93. The summed E-state index contributed by atoms with van der Waals surface area (Å²) in [6.45, 7) is 0. The molecule has 6 heteroatoms. The molecule has 0 aromatic heterocycles. The quantitative estimate of drug-likeness (QED) is 0.659. The molecule has 0 aliphatic carbocycles. The van der Waals surface area contributed by atoms with Crippen molar-refractivity contribution in [1.82, 2.24) is 5.43 Å². The number of nitrogens with zero attached hydrogens (tertiary/aromatic N) is 1. The Kier molecular flexibility index (Phi) is 4.94. The third-order valence-electron chi connectivity index (χ3n) is 2.71. The summed E-state index contributed by atoms with van der Waals surface area (Å²) in [5, 5.41) is 13.5. The number of halogens is 1. The number of methoxy groups -OCH3 is 1. The molecule has 108 valence electrons. The average molecular weight is 349 g/mol. The number of hydrazone groups is 1. The van der Waals surface area contributed by atoms with Crippen LogP contribution in [0.2, 0.25) is 0 Å². The zero-order chi connectivity index (χ0) is 15.2. The minimum Gasteiger partial charge on any atom is -0.507 e. The lowest BCUT2D eigenvalue weighted by atomic mass is 10.2. The van der Waals surface area contributed by atoms with Crippen molar-refractivity contribution in [2.75, 3.05) is 7.11 Å². The topological polar surface area (TPSA) is 70.9 Å². The van der Waals surface area contributed by atoms with Gasteiger partial charge in [-0.25, -0.2) is 5.43 Å². The number of para-hydroxylation sites is 1. The van der Waals surface area contributed by atoms with Gasteiger partial charge in [-0.2, -0.15) is 5.10 Å². The molecule has 2 N–H and O–H groups in total. The molecule has 0 heterocycles. The number of benzene rings is 2. The van der Waals surface area contributed by atoms with Crippen LogP contribution in [0.1, 0.15) is 15.9 Å². The van der Waals surface area contributed by atoms with Gasteiger partial charge in [-0.1, -0.05) is 28.1 Å². The number of hydrogen-bond acceptors (Lipinski definition) is 4. The lowest BCUT2D eigenvalue weighted by Crippen LogP contribution is -2.17. The second-order valence-electron chi connectivity index (χ2n) is 4.10. The highest BCUT2D eigenvalue weighted by atomic mass is 79.9. The van der Waals surface area contributed by atoms with Gasteiger partial charge in [0.15, 0.2) is 0 Å². The van der Waals surface area contributed by atoms with Crippen LogP contribution in [-0.2, 0) is 0 Å². The van der Waals surface area contributed by atoms with E-state index in [1.165, 1.54) is 18.3 Å². The molecule has 1 amide bonds. The van der Waals surface area contributed by atoms with Crippen LogP contribution in [0.5, 0.6) is 11.5 Å². The van der Waals surface area contributed by atoms with E-state index in [0.717, 1.165) is 5.56 Å². The van der Waals surface area contributed by atoms with Crippen LogP contribution in [0, 0.1) is 0 Å². The maximum absolute atomic E-state index is 11.9. The van der Waals surface area contributed by atoms with Crippen LogP contribution in [0.15, 0.2) is 52.0 Å². The number of rotatable bonds is 4. The molecule has 0 fully saturated rings. The van der Waals surface area contributed by atoms with Crippen molar-refractivity contribution in [2.45, 2.75) is 0 Å². The van der Waals surface area contributed by atoms with E-state index in [-0.39, 0.29) is 11.3 Å². The fourth-order valence-corrected chi connectivity index (χ4v) is 2.04. The molecule has 5 nitrogen and oxygen atoms in total. The Labute approximate surface area is 130 Å². The van der Waals surface area contributed by atoms with Gasteiger partial charge in [0.05, 0.1) is 18.9 Å². The summed E-state index contributed by atoms with van der Waals surface area (Å²) in [5.41, 5.74) is 3.24. The van der Waals surface area contributed by atoms with E-state index in [4.69, 9.17) is 4.74 Å². The van der Waals surface area contributed by atoms with E-state index in [0.29, 0.717) is 10.2 Å². The highest BCUT2D eigenvalue weighted by Gasteiger charge is 2.10. The molecule has 0 unspecified atom stereocenters. The van der Waals surface area contributed by atoms with Gasteiger partial charge in [0.2, 0.25) is 0 Å². The number of hydrogen-bond donors (Lipinski definition) is 2. The van der Waals surface area contributed by atoms with E-state index in [1.54, 1.807) is 19.2 Å². The smallest absolute Gasteiger partial charge is 0.275 e. The lowest BCUT2D eigenvalue weighted by Gasteiger charge is -2.04. The maximum Gasteiger partial charge on any atom is 0.275 e. The third kappa shape index (κ3) is 3.82. The number of phenols is 1.